The van der Waals surface area contributed by atoms with Crippen LogP contribution in [0.3, 0.4) is 0 Å². The van der Waals surface area contributed by atoms with E-state index in [1.54, 1.807) is 24.5 Å². The first-order valence-corrected chi connectivity index (χ1v) is 10.2. The molecular formula is C19H20N4O2S2. The Bertz CT molecular complexity index is 1030. The molecule has 2 amide bonds. The SMILES string of the molecule is CNC(=O)c1c(C)cccc1NC(=O)CSc1ncnc2sc(C)c(C)c12. The highest BCUT2D eigenvalue weighted by Crippen LogP contribution is 2.34. The number of hydrogen-bond acceptors (Lipinski definition) is 6. The molecular weight excluding hydrogens is 380 g/mol. The Hall–Kier alpha value is -2.45. The van der Waals surface area contributed by atoms with Crippen LogP contribution in [0.2, 0.25) is 0 Å². The molecule has 3 aromatic rings. The van der Waals surface area contributed by atoms with Gasteiger partial charge in [-0.15, -0.1) is 11.3 Å². The van der Waals surface area contributed by atoms with Crippen molar-refractivity contribution in [2.24, 2.45) is 0 Å². The first-order valence-electron chi connectivity index (χ1n) is 8.37. The van der Waals surface area contributed by atoms with Crippen LogP contribution in [0.15, 0.2) is 29.6 Å². The Morgan fingerprint density at radius 2 is 1.96 bits per heavy atom. The number of hydrogen-bond donors (Lipinski definition) is 2. The van der Waals surface area contributed by atoms with Crippen LogP contribution in [0.5, 0.6) is 0 Å². The molecule has 2 aromatic heterocycles. The molecule has 8 heteroatoms. The summed E-state index contributed by atoms with van der Waals surface area (Å²) in [7, 11) is 1.57. The summed E-state index contributed by atoms with van der Waals surface area (Å²) in [4.78, 5) is 35.4. The molecule has 1 aromatic carbocycles. The Kier molecular flexibility index (Phi) is 5.76. The summed E-state index contributed by atoms with van der Waals surface area (Å²) >= 11 is 3.00. The van der Waals surface area contributed by atoms with Crippen LogP contribution in [0.1, 0.15) is 26.4 Å². The fourth-order valence-corrected chi connectivity index (χ4v) is 4.70. The highest BCUT2D eigenvalue weighted by atomic mass is 32.2. The number of thioether (sulfide) groups is 1. The summed E-state index contributed by atoms with van der Waals surface area (Å²) in [6.45, 7) is 5.94. The van der Waals surface area contributed by atoms with Gasteiger partial charge in [-0.25, -0.2) is 9.97 Å². The van der Waals surface area contributed by atoms with E-state index in [2.05, 4.69) is 27.5 Å². The number of anilines is 1. The average molecular weight is 401 g/mol. The summed E-state index contributed by atoms with van der Waals surface area (Å²) in [5.74, 6) is -0.216. The van der Waals surface area contributed by atoms with Crippen LogP contribution < -0.4 is 10.6 Å². The fraction of sp³-hybridized carbons (Fsp3) is 0.263. The zero-order chi connectivity index (χ0) is 19.6. The number of nitrogens with one attached hydrogen (secondary N) is 2. The molecule has 3 rings (SSSR count). The minimum absolute atomic E-state index is 0.188. The van der Waals surface area contributed by atoms with Gasteiger partial charge in [0.2, 0.25) is 5.91 Å². The molecule has 140 valence electrons. The number of amides is 2. The van der Waals surface area contributed by atoms with E-state index in [4.69, 9.17) is 0 Å². The standard InChI is InChI=1S/C19H20N4O2S2/c1-10-6-5-7-13(15(10)17(25)20-4)23-14(24)8-26-18-16-11(2)12(3)27-19(16)22-9-21-18/h5-7,9H,8H2,1-4H3,(H,20,25)(H,23,24). The molecule has 0 fully saturated rings. The van der Waals surface area contributed by atoms with Gasteiger partial charge in [-0.3, -0.25) is 9.59 Å². The zero-order valence-electron chi connectivity index (χ0n) is 15.5. The maximum absolute atomic E-state index is 12.5. The summed E-state index contributed by atoms with van der Waals surface area (Å²) < 4.78 is 0. The minimum Gasteiger partial charge on any atom is -0.355 e. The van der Waals surface area contributed by atoms with Crippen molar-refractivity contribution in [1.29, 1.82) is 0 Å². The molecule has 2 N–H and O–H groups in total. The van der Waals surface area contributed by atoms with Crippen molar-refractivity contribution in [3.8, 4) is 0 Å². The van der Waals surface area contributed by atoms with E-state index in [0.29, 0.717) is 11.3 Å². The lowest BCUT2D eigenvalue weighted by Crippen LogP contribution is -2.23. The topological polar surface area (TPSA) is 84.0 Å². The lowest BCUT2D eigenvalue weighted by molar-refractivity contribution is -0.113. The van der Waals surface area contributed by atoms with Crippen LogP contribution in [0, 0.1) is 20.8 Å². The normalized spacial score (nSPS) is 10.8. The van der Waals surface area contributed by atoms with Gasteiger partial charge >= 0.3 is 0 Å². The number of rotatable bonds is 5. The Balaban J connectivity index is 1.77. The molecule has 2 heterocycles. The van der Waals surface area contributed by atoms with Crippen LogP contribution in [0.4, 0.5) is 5.69 Å². The molecule has 0 bridgehead atoms. The van der Waals surface area contributed by atoms with Gasteiger partial charge in [0.15, 0.2) is 0 Å². The van der Waals surface area contributed by atoms with Gasteiger partial charge in [0, 0.05) is 17.3 Å². The monoisotopic (exact) mass is 400 g/mol. The average Bonchev–Trinajstić information content (AvgIpc) is 2.94. The van der Waals surface area contributed by atoms with Crippen molar-refractivity contribution in [1.82, 2.24) is 15.3 Å². The molecule has 6 nitrogen and oxygen atoms in total. The van der Waals surface area contributed by atoms with Gasteiger partial charge in [0.05, 0.1) is 17.0 Å². The van der Waals surface area contributed by atoms with Crippen molar-refractivity contribution in [2.45, 2.75) is 25.8 Å². The molecule has 0 radical (unpaired) electrons. The van der Waals surface area contributed by atoms with Crippen molar-refractivity contribution in [3.63, 3.8) is 0 Å². The molecule has 0 aliphatic heterocycles. The highest BCUT2D eigenvalue weighted by Gasteiger charge is 2.17. The second kappa shape index (κ2) is 8.06. The van der Waals surface area contributed by atoms with E-state index in [-0.39, 0.29) is 17.6 Å². The zero-order valence-corrected chi connectivity index (χ0v) is 17.2. The predicted octanol–water partition coefficient (Wildman–Crippen LogP) is 3.71. The van der Waals surface area contributed by atoms with Crippen molar-refractivity contribution in [3.05, 3.63) is 46.1 Å². The van der Waals surface area contributed by atoms with E-state index in [0.717, 1.165) is 26.4 Å². The van der Waals surface area contributed by atoms with E-state index in [9.17, 15) is 9.59 Å². The minimum atomic E-state index is -0.224. The number of aryl methyl sites for hydroxylation is 3. The van der Waals surface area contributed by atoms with E-state index < -0.39 is 0 Å². The van der Waals surface area contributed by atoms with Crippen molar-refractivity contribution in [2.75, 3.05) is 18.1 Å². The smallest absolute Gasteiger partial charge is 0.253 e. The second-order valence-corrected chi connectivity index (χ2v) is 8.22. The summed E-state index contributed by atoms with van der Waals surface area (Å²) in [5, 5.41) is 7.27. The van der Waals surface area contributed by atoms with Crippen LogP contribution in [-0.2, 0) is 4.79 Å². The molecule has 0 spiro atoms. The molecule has 0 unspecified atom stereocenters. The van der Waals surface area contributed by atoms with E-state index >= 15 is 0 Å². The van der Waals surface area contributed by atoms with Crippen molar-refractivity contribution < 1.29 is 9.59 Å². The third-order valence-electron chi connectivity index (χ3n) is 4.27. The molecule has 0 atom stereocenters. The molecule has 0 saturated heterocycles. The lowest BCUT2D eigenvalue weighted by Gasteiger charge is -2.12. The van der Waals surface area contributed by atoms with Gasteiger partial charge in [0.1, 0.15) is 16.2 Å². The second-order valence-electron chi connectivity index (χ2n) is 6.06. The Morgan fingerprint density at radius 1 is 1.19 bits per heavy atom. The number of aromatic nitrogens is 2. The third kappa shape index (κ3) is 3.96. The van der Waals surface area contributed by atoms with E-state index in [1.165, 1.54) is 23.0 Å². The molecule has 0 aliphatic carbocycles. The van der Waals surface area contributed by atoms with Gasteiger partial charge in [-0.2, -0.15) is 0 Å². The van der Waals surface area contributed by atoms with Crippen LogP contribution >= 0.6 is 23.1 Å². The summed E-state index contributed by atoms with van der Waals surface area (Å²) in [6, 6.07) is 5.39. The first-order chi connectivity index (χ1) is 12.9. The number of nitrogens with zero attached hydrogens (tertiary/aromatic N) is 2. The Morgan fingerprint density at radius 3 is 2.70 bits per heavy atom. The molecule has 0 aliphatic rings. The molecule has 27 heavy (non-hydrogen) atoms. The van der Waals surface area contributed by atoms with Gasteiger partial charge in [0.25, 0.3) is 5.91 Å². The number of thiophene rings is 1. The Labute approximate surface area is 165 Å². The summed E-state index contributed by atoms with van der Waals surface area (Å²) in [6.07, 6.45) is 1.53. The predicted molar refractivity (Wildman–Crippen MR) is 111 cm³/mol. The van der Waals surface area contributed by atoms with Crippen molar-refractivity contribution >= 4 is 50.8 Å². The highest BCUT2D eigenvalue weighted by molar-refractivity contribution is 8.00. The third-order valence-corrected chi connectivity index (χ3v) is 6.38. The van der Waals surface area contributed by atoms with Gasteiger partial charge in [-0.1, -0.05) is 23.9 Å². The lowest BCUT2D eigenvalue weighted by atomic mass is 10.1. The van der Waals surface area contributed by atoms with Crippen LogP contribution in [-0.4, -0.2) is 34.6 Å². The van der Waals surface area contributed by atoms with E-state index in [1.807, 2.05) is 26.0 Å². The number of carbonyl (C=O) groups is 2. The largest absolute Gasteiger partial charge is 0.355 e. The maximum Gasteiger partial charge on any atom is 0.253 e. The van der Waals surface area contributed by atoms with Gasteiger partial charge < -0.3 is 10.6 Å². The first kappa shape index (κ1) is 19.3. The van der Waals surface area contributed by atoms with Gasteiger partial charge in [-0.05, 0) is 38.0 Å². The van der Waals surface area contributed by atoms with Crippen LogP contribution in [0.25, 0.3) is 10.2 Å². The quantitative estimate of drug-likeness (QED) is 0.504. The fourth-order valence-electron chi connectivity index (χ4n) is 2.78. The maximum atomic E-state index is 12.5. The number of carbonyl (C=O) groups excluding carboxylic acids is 2. The summed E-state index contributed by atoms with van der Waals surface area (Å²) in [5.41, 5.74) is 2.95. The molecule has 0 saturated carbocycles. The number of fused-ring (bicyclic) bond motifs is 1. The number of benzene rings is 1.